The van der Waals surface area contributed by atoms with Gasteiger partial charge in [0.25, 0.3) is 0 Å². The molecule has 0 aliphatic heterocycles. The molecule has 0 aliphatic carbocycles. The van der Waals surface area contributed by atoms with Crippen molar-refractivity contribution in [3.8, 4) is 0 Å². The van der Waals surface area contributed by atoms with E-state index in [1.54, 1.807) is 12.4 Å². The summed E-state index contributed by atoms with van der Waals surface area (Å²) in [5.74, 6) is 0. The highest BCUT2D eigenvalue weighted by atomic mass is 79.9. The molecular formula is C13H12BrN5. The van der Waals surface area contributed by atoms with Crippen molar-refractivity contribution in [1.29, 1.82) is 0 Å². The molecule has 3 aromatic rings. The van der Waals surface area contributed by atoms with Gasteiger partial charge >= 0.3 is 0 Å². The normalized spacial score (nSPS) is 10.8. The van der Waals surface area contributed by atoms with Crippen LogP contribution in [-0.2, 0) is 6.54 Å². The Morgan fingerprint density at radius 2 is 2.16 bits per heavy atom. The van der Waals surface area contributed by atoms with Gasteiger partial charge in [0.1, 0.15) is 4.60 Å². The third-order valence-corrected chi connectivity index (χ3v) is 3.35. The molecule has 0 spiro atoms. The number of hydrogen-bond donors (Lipinski definition) is 1. The van der Waals surface area contributed by atoms with E-state index in [0.29, 0.717) is 6.54 Å². The molecule has 0 atom stereocenters. The van der Waals surface area contributed by atoms with E-state index in [0.717, 1.165) is 21.6 Å². The number of pyridine rings is 1. The van der Waals surface area contributed by atoms with Crippen LogP contribution in [0.25, 0.3) is 5.65 Å². The second kappa shape index (κ2) is 4.97. The molecule has 5 nitrogen and oxygen atoms in total. The number of nitrogens with one attached hydrogen (secondary N) is 1. The number of anilines is 1. The van der Waals surface area contributed by atoms with E-state index in [9.17, 15) is 0 Å². The first-order chi connectivity index (χ1) is 9.24. The molecule has 0 saturated heterocycles. The molecule has 0 aliphatic rings. The number of nitrogens with zero attached hydrogens (tertiary/aromatic N) is 4. The standard InChI is InChI=1S/C13H12BrN5/c1-9-2-3-15-6-11(9)16-4-10-5-18-13-7-17-12(14)8-19(10)13/h2-3,5-8,16H,4H2,1H3. The van der Waals surface area contributed by atoms with Crippen molar-refractivity contribution in [3.63, 3.8) is 0 Å². The van der Waals surface area contributed by atoms with Gasteiger partial charge in [-0.1, -0.05) is 0 Å². The van der Waals surface area contributed by atoms with Gasteiger partial charge in [0.15, 0.2) is 5.65 Å². The molecule has 6 heteroatoms. The van der Waals surface area contributed by atoms with Gasteiger partial charge in [-0.3, -0.25) is 9.38 Å². The third-order valence-electron chi connectivity index (χ3n) is 2.94. The van der Waals surface area contributed by atoms with Crippen LogP contribution in [0.2, 0.25) is 0 Å². The fourth-order valence-electron chi connectivity index (χ4n) is 1.88. The summed E-state index contributed by atoms with van der Waals surface area (Å²) in [5.41, 5.74) is 4.11. The van der Waals surface area contributed by atoms with E-state index >= 15 is 0 Å². The van der Waals surface area contributed by atoms with Crippen molar-refractivity contribution >= 4 is 27.3 Å². The number of fused-ring (bicyclic) bond motifs is 1. The van der Waals surface area contributed by atoms with Crippen molar-refractivity contribution in [2.45, 2.75) is 13.5 Å². The van der Waals surface area contributed by atoms with Gasteiger partial charge in [-0.05, 0) is 34.5 Å². The average Bonchev–Trinajstić information content (AvgIpc) is 2.80. The number of halogens is 1. The van der Waals surface area contributed by atoms with E-state index in [4.69, 9.17) is 0 Å². The van der Waals surface area contributed by atoms with Crippen LogP contribution in [0, 0.1) is 6.92 Å². The van der Waals surface area contributed by atoms with Crippen LogP contribution in [-0.4, -0.2) is 19.4 Å². The maximum Gasteiger partial charge on any atom is 0.155 e. The lowest BCUT2D eigenvalue weighted by atomic mass is 10.2. The largest absolute Gasteiger partial charge is 0.378 e. The van der Waals surface area contributed by atoms with Gasteiger partial charge in [-0.2, -0.15) is 0 Å². The van der Waals surface area contributed by atoms with E-state index in [1.165, 1.54) is 5.56 Å². The molecule has 3 heterocycles. The predicted molar refractivity (Wildman–Crippen MR) is 77.0 cm³/mol. The Morgan fingerprint density at radius 1 is 1.26 bits per heavy atom. The summed E-state index contributed by atoms with van der Waals surface area (Å²) < 4.78 is 2.80. The molecule has 0 amide bonds. The molecule has 0 aromatic carbocycles. The Hall–Kier alpha value is -1.95. The monoisotopic (exact) mass is 317 g/mol. The average molecular weight is 318 g/mol. The van der Waals surface area contributed by atoms with Crippen LogP contribution in [0.1, 0.15) is 11.3 Å². The number of rotatable bonds is 3. The van der Waals surface area contributed by atoms with E-state index in [2.05, 4.69) is 43.1 Å². The number of imidazole rings is 1. The van der Waals surface area contributed by atoms with Crippen LogP contribution in [0.4, 0.5) is 5.69 Å². The van der Waals surface area contributed by atoms with Crippen LogP contribution in [0.15, 0.2) is 41.7 Å². The Morgan fingerprint density at radius 3 is 3.00 bits per heavy atom. The summed E-state index contributed by atoms with van der Waals surface area (Å²) in [6.07, 6.45) is 9.12. The van der Waals surface area contributed by atoms with Gasteiger partial charge < -0.3 is 5.32 Å². The van der Waals surface area contributed by atoms with Gasteiger partial charge in [0.05, 0.1) is 36.5 Å². The Labute approximate surface area is 118 Å². The Bertz CT molecular complexity index is 722. The van der Waals surface area contributed by atoms with Crippen molar-refractivity contribution < 1.29 is 0 Å². The number of aryl methyl sites for hydroxylation is 1. The van der Waals surface area contributed by atoms with Gasteiger partial charge in [-0.15, -0.1) is 0 Å². The van der Waals surface area contributed by atoms with Crippen LogP contribution >= 0.6 is 15.9 Å². The second-order valence-electron chi connectivity index (χ2n) is 4.23. The van der Waals surface area contributed by atoms with E-state index in [1.807, 2.05) is 29.1 Å². The molecule has 0 saturated carbocycles. The molecule has 96 valence electrons. The smallest absolute Gasteiger partial charge is 0.155 e. The lowest BCUT2D eigenvalue weighted by Gasteiger charge is -2.08. The third kappa shape index (κ3) is 2.44. The van der Waals surface area contributed by atoms with Gasteiger partial charge in [0.2, 0.25) is 0 Å². The number of aromatic nitrogens is 4. The van der Waals surface area contributed by atoms with Crippen LogP contribution in [0.3, 0.4) is 0 Å². The highest BCUT2D eigenvalue weighted by molar-refractivity contribution is 9.10. The van der Waals surface area contributed by atoms with Crippen LogP contribution < -0.4 is 5.32 Å². The highest BCUT2D eigenvalue weighted by Gasteiger charge is 2.05. The summed E-state index contributed by atoms with van der Waals surface area (Å²) >= 11 is 3.37. The first-order valence-corrected chi connectivity index (χ1v) is 6.65. The molecule has 19 heavy (non-hydrogen) atoms. The SMILES string of the molecule is Cc1ccncc1NCc1cnc2cnc(Br)cn12. The minimum atomic E-state index is 0.685. The fourth-order valence-corrected chi connectivity index (χ4v) is 2.19. The lowest BCUT2D eigenvalue weighted by molar-refractivity contribution is 0.979. The van der Waals surface area contributed by atoms with Crippen molar-refractivity contribution in [1.82, 2.24) is 19.4 Å². The maximum atomic E-state index is 4.32. The molecule has 0 radical (unpaired) electrons. The molecule has 3 rings (SSSR count). The number of hydrogen-bond acceptors (Lipinski definition) is 4. The summed E-state index contributed by atoms with van der Waals surface area (Å²) in [5, 5.41) is 3.37. The molecule has 1 N–H and O–H groups in total. The molecular weight excluding hydrogens is 306 g/mol. The second-order valence-corrected chi connectivity index (χ2v) is 5.04. The molecule has 0 bridgehead atoms. The predicted octanol–water partition coefficient (Wildman–Crippen LogP) is 2.81. The Kier molecular flexibility index (Phi) is 3.16. The summed E-state index contributed by atoms with van der Waals surface area (Å²) in [4.78, 5) is 12.6. The molecule has 0 fully saturated rings. The summed E-state index contributed by atoms with van der Waals surface area (Å²) in [7, 11) is 0. The van der Waals surface area contributed by atoms with Crippen molar-refractivity contribution in [3.05, 3.63) is 52.9 Å². The minimum Gasteiger partial charge on any atom is -0.378 e. The van der Waals surface area contributed by atoms with E-state index < -0.39 is 0 Å². The first-order valence-electron chi connectivity index (χ1n) is 5.86. The zero-order valence-corrected chi connectivity index (χ0v) is 11.9. The first kappa shape index (κ1) is 12.1. The maximum absolute atomic E-state index is 4.32. The highest BCUT2D eigenvalue weighted by Crippen LogP contribution is 2.15. The quantitative estimate of drug-likeness (QED) is 0.807. The minimum absolute atomic E-state index is 0.685. The molecule has 3 aromatic heterocycles. The Balaban J connectivity index is 1.86. The zero-order valence-electron chi connectivity index (χ0n) is 10.3. The summed E-state index contributed by atoms with van der Waals surface area (Å²) in [6.45, 7) is 2.74. The summed E-state index contributed by atoms with van der Waals surface area (Å²) in [6, 6.07) is 1.98. The van der Waals surface area contributed by atoms with E-state index in [-0.39, 0.29) is 0 Å². The van der Waals surface area contributed by atoms with Crippen LogP contribution in [0.5, 0.6) is 0 Å². The molecule has 0 unspecified atom stereocenters. The topological polar surface area (TPSA) is 55.1 Å². The van der Waals surface area contributed by atoms with Gasteiger partial charge in [-0.25, -0.2) is 9.97 Å². The van der Waals surface area contributed by atoms with Gasteiger partial charge in [0, 0.05) is 12.4 Å². The van der Waals surface area contributed by atoms with Crippen molar-refractivity contribution in [2.75, 3.05) is 5.32 Å². The lowest BCUT2D eigenvalue weighted by Crippen LogP contribution is -2.04. The fraction of sp³-hybridized carbons (Fsp3) is 0.154. The zero-order chi connectivity index (χ0) is 13.2. The van der Waals surface area contributed by atoms with Crippen molar-refractivity contribution in [2.24, 2.45) is 0 Å².